The zero-order chi connectivity index (χ0) is 35.1. The highest BCUT2D eigenvalue weighted by molar-refractivity contribution is 7.99. The number of benzene rings is 1. The van der Waals surface area contributed by atoms with Crippen LogP contribution >= 0.6 is 11.8 Å². The van der Waals surface area contributed by atoms with Crippen LogP contribution < -0.4 is 21.7 Å². The molecule has 4 amide bonds. The van der Waals surface area contributed by atoms with Gasteiger partial charge in [-0.3, -0.25) is 9.59 Å². The molecule has 1 saturated carbocycles. The number of piperidine rings is 1. The van der Waals surface area contributed by atoms with Crippen LogP contribution in [-0.2, 0) is 22.4 Å². The van der Waals surface area contributed by atoms with Gasteiger partial charge in [-0.2, -0.15) is 0 Å². The van der Waals surface area contributed by atoms with E-state index in [9.17, 15) is 19.5 Å². The number of aromatic amines is 1. The predicted octanol–water partition coefficient (Wildman–Crippen LogP) is 3.57. The molecule has 2 aliphatic rings. The fourth-order valence-corrected chi connectivity index (χ4v) is 7.67. The van der Waals surface area contributed by atoms with E-state index in [1.165, 1.54) is 12.7 Å². The largest absolute Gasteiger partial charge is 0.391 e. The van der Waals surface area contributed by atoms with Crippen molar-refractivity contribution in [1.29, 1.82) is 0 Å². The maximum absolute atomic E-state index is 14.1. The topological polar surface area (TPSA) is 178 Å². The van der Waals surface area contributed by atoms with E-state index in [0.717, 1.165) is 36.3 Å². The number of hydrogen-bond donors (Lipinski definition) is 6. The van der Waals surface area contributed by atoms with Gasteiger partial charge < -0.3 is 36.7 Å². The lowest BCUT2D eigenvalue weighted by atomic mass is 9.83. The van der Waals surface area contributed by atoms with E-state index >= 15 is 0 Å². The van der Waals surface area contributed by atoms with Gasteiger partial charge in [0.2, 0.25) is 11.8 Å². The summed E-state index contributed by atoms with van der Waals surface area (Å²) in [7, 11) is 0. The van der Waals surface area contributed by atoms with Crippen LogP contribution in [0.1, 0.15) is 69.0 Å². The summed E-state index contributed by atoms with van der Waals surface area (Å²) >= 11 is 1.57. The van der Waals surface area contributed by atoms with Crippen LogP contribution in [0.25, 0.3) is 0 Å². The summed E-state index contributed by atoms with van der Waals surface area (Å²) in [6.07, 6.45) is 12.8. The van der Waals surface area contributed by atoms with Crippen molar-refractivity contribution in [3.8, 4) is 0 Å². The average Bonchev–Trinajstić information content (AvgIpc) is 3.65. The zero-order valence-corrected chi connectivity index (χ0v) is 29.5. The van der Waals surface area contributed by atoms with E-state index in [2.05, 4.69) is 30.9 Å². The van der Waals surface area contributed by atoms with Gasteiger partial charge in [-0.05, 0) is 49.3 Å². The summed E-state index contributed by atoms with van der Waals surface area (Å²) in [6.45, 7) is 1.03. The number of aliphatic hydroxyl groups excluding tert-OH is 1. The molecule has 1 aliphatic carbocycles. The molecule has 50 heavy (non-hydrogen) atoms. The molecule has 3 aromatic rings. The number of pyridine rings is 1. The van der Waals surface area contributed by atoms with Crippen molar-refractivity contribution in [2.24, 2.45) is 11.7 Å². The molecule has 2 fully saturated rings. The third-order valence-electron chi connectivity index (χ3n) is 9.73. The van der Waals surface area contributed by atoms with Gasteiger partial charge in [0, 0.05) is 50.1 Å². The summed E-state index contributed by atoms with van der Waals surface area (Å²) in [5, 5.41) is 21.4. The summed E-state index contributed by atoms with van der Waals surface area (Å²) in [6, 6.07) is 12.6. The van der Waals surface area contributed by atoms with Gasteiger partial charge in [-0.15, -0.1) is 11.8 Å². The lowest BCUT2D eigenvalue weighted by Crippen LogP contribution is -2.59. The predicted molar refractivity (Wildman–Crippen MR) is 194 cm³/mol. The number of carbonyl (C=O) groups excluding carboxylic acids is 3. The van der Waals surface area contributed by atoms with Crippen molar-refractivity contribution >= 4 is 29.6 Å². The minimum atomic E-state index is -0.988. The highest BCUT2D eigenvalue weighted by Gasteiger charge is 2.33. The Kier molecular flexibility index (Phi) is 14.5. The Bertz CT molecular complexity index is 1450. The summed E-state index contributed by atoms with van der Waals surface area (Å²) in [4.78, 5) is 54.8. The van der Waals surface area contributed by atoms with E-state index in [1.54, 1.807) is 29.1 Å². The van der Waals surface area contributed by atoms with Gasteiger partial charge in [0.25, 0.3) is 0 Å². The molecule has 3 heterocycles. The molecule has 12 nitrogen and oxygen atoms in total. The molecule has 7 N–H and O–H groups in total. The monoisotopic (exact) mass is 704 g/mol. The fourth-order valence-electron chi connectivity index (χ4n) is 6.79. The Morgan fingerprint density at radius 3 is 2.32 bits per heavy atom. The Hall–Kier alpha value is -3.94. The second kappa shape index (κ2) is 19.5. The molecule has 4 atom stereocenters. The number of likely N-dealkylation sites (tertiary alicyclic amines) is 1. The number of nitrogens with two attached hydrogens (primary N) is 1. The first-order valence-corrected chi connectivity index (χ1v) is 19.0. The number of amides is 4. The van der Waals surface area contributed by atoms with E-state index in [-0.39, 0.29) is 24.9 Å². The Morgan fingerprint density at radius 1 is 0.900 bits per heavy atom. The fraction of sp³-hybridized carbons (Fsp3) is 0.541. The number of H-pyrrole nitrogens is 1. The van der Waals surface area contributed by atoms with E-state index in [0.29, 0.717) is 56.1 Å². The van der Waals surface area contributed by atoms with Gasteiger partial charge in [-0.25, -0.2) is 14.8 Å². The second-order valence-electron chi connectivity index (χ2n) is 13.6. The van der Waals surface area contributed by atoms with Gasteiger partial charge >= 0.3 is 6.03 Å². The van der Waals surface area contributed by atoms with Gasteiger partial charge in [0.1, 0.15) is 12.1 Å². The highest BCUT2D eigenvalue weighted by Crippen LogP contribution is 2.29. The number of urea groups is 1. The smallest absolute Gasteiger partial charge is 0.318 e. The molecular formula is C37H52N8O4S. The van der Waals surface area contributed by atoms with Crippen molar-refractivity contribution in [2.75, 3.05) is 18.8 Å². The van der Waals surface area contributed by atoms with Crippen LogP contribution in [0.15, 0.2) is 72.3 Å². The molecule has 0 spiro atoms. The van der Waals surface area contributed by atoms with Gasteiger partial charge in [-0.1, -0.05) is 68.5 Å². The summed E-state index contributed by atoms with van der Waals surface area (Å²) in [5.74, 6) is 0.185. The normalized spacial score (nSPS) is 18.1. The number of rotatable bonds is 16. The van der Waals surface area contributed by atoms with E-state index in [4.69, 9.17) is 5.73 Å². The first-order valence-electron chi connectivity index (χ1n) is 18.0. The van der Waals surface area contributed by atoms with Crippen molar-refractivity contribution in [2.45, 2.75) is 106 Å². The van der Waals surface area contributed by atoms with Crippen LogP contribution in [0.3, 0.4) is 0 Å². The third-order valence-corrected chi connectivity index (χ3v) is 10.7. The van der Waals surface area contributed by atoms with Crippen LogP contribution in [0.4, 0.5) is 4.79 Å². The standard InChI is InChI=1S/C37H52N8O4S/c38-28-14-18-45(19-15-28)37(49)44-31(22-27-11-5-2-6-12-27)35(47)43-32(23-29-24-39-25-41-29)36(48)42-30(21-26-9-3-1-4-10-26)33(46)16-20-50-34-13-7-8-17-40-34/h2,5-8,11-13,17,24-26,28,30-33,46H,1,3-4,9-10,14-16,18-23,38H2,(H,39,41)(H,42,48)(H,43,47)(H,44,49)/t30-,31-,32-,33-/m0/s1. The first-order chi connectivity index (χ1) is 24.3. The van der Waals surface area contributed by atoms with Crippen molar-refractivity contribution in [3.05, 3.63) is 78.5 Å². The second-order valence-corrected chi connectivity index (χ2v) is 14.7. The quantitative estimate of drug-likeness (QED) is 0.123. The zero-order valence-electron chi connectivity index (χ0n) is 28.7. The SMILES string of the molecule is NC1CCN(C(=O)N[C@@H](Cc2ccccc2)C(=O)N[C@@H](Cc2c[nH]cn2)C(=O)N[C@@H](CC2CCCCC2)[C@@H](O)CCSc2ccccn2)CC1. The maximum Gasteiger partial charge on any atom is 0.318 e. The number of aromatic nitrogens is 3. The molecule has 0 radical (unpaired) electrons. The van der Waals surface area contributed by atoms with Crippen LogP contribution in [0, 0.1) is 5.92 Å². The Balaban J connectivity index is 1.30. The van der Waals surface area contributed by atoms with Gasteiger partial charge in [0.05, 0.1) is 29.2 Å². The lowest BCUT2D eigenvalue weighted by Gasteiger charge is -2.33. The van der Waals surface area contributed by atoms with Crippen molar-refractivity contribution in [3.63, 3.8) is 0 Å². The Labute approximate surface area is 299 Å². The van der Waals surface area contributed by atoms with Gasteiger partial charge in [0.15, 0.2) is 0 Å². The minimum absolute atomic E-state index is 0.0591. The van der Waals surface area contributed by atoms with Crippen LogP contribution in [-0.4, -0.2) is 91.9 Å². The molecule has 5 rings (SSSR count). The van der Waals surface area contributed by atoms with Crippen molar-refractivity contribution in [1.82, 2.24) is 35.8 Å². The highest BCUT2D eigenvalue weighted by atomic mass is 32.2. The average molecular weight is 705 g/mol. The summed E-state index contributed by atoms with van der Waals surface area (Å²) < 4.78 is 0. The number of thioether (sulfide) groups is 1. The molecule has 0 bridgehead atoms. The number of imidazole rings is 1. The van der Waals surface area contributed by atoms with Crippen LogP contribution in [0.2, 0.25) is 0 Å². The number of nitrogens with zero attached hydrogens (tertiary/aromatic N) is 3. The molecule has 1 aromatic carbocycles. The Morgan fingerprint density at radius 2 is 1.62 bits per heavy atom. The molecule has 0 unspecified atom stereocenters. The van der Waals surface area contributed by atoms with Crippen LogP contribution in [0.5, 0.6) is 0 Å². The van der Waals surface area contributed by atoms with Crippen molar-refractivity contribution < 1.29 is 19.5 Å². The first kappa shape index (κ1) is 37.3. The van der Waals surface area contributed by atoms with E-state index < -0.39 is 36.0 Å². The molecule has 2 aromatic heterocycles. The third kappa shape index (κ3) is 11.8. The summed E-state index contributed by atoms with van der Waals surface area (Å²) in [5.41, 5.74) is 7.54. The number of carbonyl (C=O) groups is 3. The molecular weight excluding hydrogens is 653 g/mol. The number of aliphatic hydroxyl groups is 1. The minimum Gasteiger partial charge on any atom is -0.391 e. The molecule has 13 heteroatoms. The molecule has 1 saturated heterocycles. The maximum atomic E-state index is 14.1. The number of hydrogen-bond acceptors (Lipinski definition) is 8. The lowest BCUT2D eigenvalue weighted by molar-refractivity contribution is -0.130. The molecule has 1 aliphatic heterocycles. The number of nitrogens with one attached hydrogen (secondary N) is 4. The molecule has 270 valence electrons. The van der Waals surface area contributed by atoms with E-state index in [1.807, 2.05) is 48.5 Å².